The SMILES string of the molecule is CC1CCC(C2CCC(c3cc(P)c4c(O)c(N)ccc4c3)CC2)CC1. The van der Waals surface area contributed by atoms with Crippen molar-refractivity contribution in [1.29, 1.82) is 0 Å². The highest BCUT2D eigenvalue weighted by Crippen LogP contribution is 2.44. The lowest BCUT2D eigenvalue weighted by molar-refractivity contribution is 0.165. The molecule has 3 heteroatoms. The first-order valence-electron chi connectivity index (χ1n) is 10.3. The number of fused-ring (bicyclic) bond motifs is 1. The normalized spacial score (nSPS) is 29.8. The lowest BCUT2D eigenvalue weighted by Crippen LogP contribution is -2.25. The van der Waals surface area contributed by atoms with E-state index in [4.69, 9.17) is 5.73 Å². The molecule has 2 fully saturated rings. The fourth-order valence-corrected chi connectivity index (χ4v) is 5.93. The zero-order valence-electron chi connectivity index (χ0n) is 15.9. The smallest absolute Gasteiger partial charge is 0.146 e. The van der Waals surface area contributed by atoms with Crippen molar-refractivity contribution in [3.63, 3.8) is 0 Å². The minimum Gasteiger partial charge on any atom is -0.505 e. The van der Waals surface area contributed by atoms with Crippen LogP contribution in [0.4, 0.5) is 5.69 Å². The summed E-state index contributed by atoms with van der Waals surface area (Å²) in [7, 11) is 2.79. The molecule has 0 bridgehead atoms. The fraction of sp³-hybridized carbons (Fsp3) is 0.565. The topological polar surface area (TPSA) is 46.2 Å². The molecule has 1 unspecified atom stereocenters. The number of phenolic OH excluding ortho intramolecular Hbond substituents is 1. The number of benzene rings is 2. The zero-order chi connectivity index (χ0) is 18.3. The van der Waals surface area contributed by atoms with Gasteiger partial charge in [-0.3, -0.25) is 0 Å². The molecule has 0 radical (unpaired) electrons. The third-order valence-electron chi connectivity index (χ3n) is 7.14. The minimum atomic E-state index is 0.217. The standard InChI is InChI=1S/C23H32NOP/c1-14-2-4-15(5-3-14)16-6-8-17(9-7-16)19-12-18-10-11-20(24)23(25)22(18)21(26)13-19/h10-17,25H,2-9,24,26H2,1H3. The molecule has 2 aromatic rings. The number of aromatic hydroxyl groups is 1. The van der Waals surface area contributed by atoms with Gasteiger partial charge in [-0.05, 0) is 84.5 Å². The summed E-state index contributed by atoms with van der Waals surface area (Å²) in [5.74, 6) is 3.78. The highest BCUT2D eigenvalue weighted by atomic mass is 31.0. The van der Waals surface area contributed by atoms with E-state index in [1.54, 1.807) is 0 Å². The summed E-state index contributed by atoms with van der Waals surface area (Å²) in [6.45, 7) is 2.42. The molecule has 2 nitrogen and oxygen atoms in total. The van der Waals surface area contributed by atoms with Crippen molar-refractivity contribution in [2.45, 2.75) is 64.2 Å². The van der Waals surface area contributed by atoms with Gasteiger partial charge in [0.05, 0.1) is 5.69 Å². The maximum Gasteiger partial charge on any atom is 0.146 e. The maximum atomic E-state index is 10.3. The van der Waals surface area contributed by atoms with Crippen LogP contribution in [0.3, 0.4) is 0 Å². The highest BCUT2D eigenvalue weighted by Gasteiger charge is 2.30. The molecule has 4 rings (SSSR count). The van der Waals surface area contributed by atoms with E-state index in [2.05, 4.69) is 28.3 Å². The van der Waals surface area contributed by atoms with Crippen LogP contribution in [0.15, 0.2) is 24.3 Å². The molecule has 2 aromatic carbocycles. The Morgan fingerprint density at radius 3 is 2.19 bits per heavy atom. The van der Waals surface area contributed by atoms with Crippen molar-refractivity contribution in [2.24, 2.45) is 17.8 Å². The number of hydrogen-bond donors (Lipinski definition) is 2. The molecule has 0 spiro atoms. The van der Waals surface area contributed by atoms with Crippen molar-refractivity contribution in [1.82, 2.24) is 0 Å². The Morgan fingerprint density at radius 2 is 1.54 bits per heavy atom. The van der Waals surface area contributed by atoms with Crippen molar-refractivity contribution in [3.8, 4) is 5.75 Å². The number of anilines is 1. The summed E-state index contributed by atoms with van der Waals surface area (Å²) < 4.78 is 0. The van der Waals surface area contributed by atoms with Crippen molar-refractivity contribution >= 4 is 31.0 Å². The first kappa shape index (κ1) is 18.1. The number of rotatable bonds is 2. The molecule has 2 saturated carbocycles. The molecule has 2 aliphatic rings. The molecule has 0 amide bonds. The average molecular weight is 369 g/mol. The van der Waals surface area contributed by atoms with Gasteiger partial charge < -0.3 is 10.8 Å². The molecular weight excluding hydrogens is 337 g/mol. The van der Waals surface area contributed by atoms with Gasteiger partial charge in [0, 0.05) is 5.39 Å². The van der Waals surface area contributed by atoms with Crippen LogP contribution in [0.1, 0.15) is 69.8 Å². The van der Waals surface area contributed by atoms with Gasteiger partial charge in [0.15, 0.2) is 0 Å². The van der Waals surface area contributed by atoms with E-state index in [-0.39, 0.29) is 5.75 Å². The monoisotopic (exact) mass is 369 g/mol. The Balaban J connectivity index is 1.48. The van der Waals surface area contributed by atoms with Crippen molar-refractivity contribution < 1.29 is 5.11 Å². The second kappa shape index (κ2) is 7.39. The molecule has 0 heterocycles. The van der Waals surface area contributed by atoms with Gasteiger partial charge in [0.2, 0.25) is 0 Å². The minimum absolute atomic E-state index is 0.217. The summed E-state index contributed by atoms with van der Waals surface area (Å²) in [5, 5.41) is 13.3. The molecule has 3 N–H and O–H groups in total. The maximum absolute atomic E-state index is 10.3. The van der Waals surface area contributed by atoms with Gasteiger partial charge in [-0.25, -0.2) is 0 Å². The van der Waals surface area contributed by atoms with Gasteiger partial charge >= 0.3 is 0 Å². The van der Waals surface area contributed by atoms with E-state index in [1.165, 1.54) is 56.9 Å². The summed E-state index contributed by atoms with van der Waals surface area (Å²) in [6, 6.07) is 8.37. The summed E-state index contributed by atoms with van der Waals surface area (Å²) in [4.78, 5) is 0. The van der Waals surface area contributed by atoms with Crippen LogP contribution in [0, 0.1) is 17.8 Å². The van der Waals surface area contributed by atoms with Crippen LogP contribution in [0.25, 0.3) is 10.8 Å². The third kappa shape index (κ3) is 3.46. The fourth-order valence-electron chi connectivity index (χ4n) is 5.44. The molecule has 0 aliphatic heterocycles. The summed E-state index contributed by atoms with van der Waals surface area (Å²) >= 11 is 0. The van der Waals surface area contributed by atoms with Crippen LogP contribution in [-0.2, 0) is 0 Å². The van der Waals surface area contributed by atoms with E-state index >= 15 is 0 Å². The number of nitrogens with two attached hydrogens (primary N) is 1. The second-order valence-corrected chi connectivity index (χ2v) is 9.47. The first-order valence-corrected chi connectivity index (χ1v) is 10.9. The van der Waals surface area contributed by atoms with Crippen molar-refractivity contribution in [2.75, 3.05) is 5.73 Å². The van der Waals surface area contributed by atoms with Crippen LogP contribution >= 0.6 is 9.24 Å². The van der Waals surface area contributed by atoms with Gasteiger partial charge in [0.25, 0.3) is 0 Å². The molecule has 140 valence electrons. The summed E-state index contributed by atoms with van der Waals surface area (Å²) in [5.41, 5.74) is 7.76. The highest BCUT2D eigenvalue weighted by molar-refractivity contribution is 7.28. The number of nitrogen functional groups attached to an aromatic ring is 1. The number of hydrogen-bond acceptors (Lipinski definition) is 2. The molecule has 26 heavy (non-hydrogen) atoms. The largest absolute Gasteiger partial charge is 0.505 e. The lowest BCUT2D eigenvalue weighted by Gasteiger charge is -2.37. The quantitative estimate of drug-likeness (QED) is 0.403. The predicted molar refractivity (Wildman–Crippen MR) is 115 cm³/mol. The lowest BCUT2D eigenvalue weighted by atomic mass is 9.68. The van der Waals surface area contributed by atoms with E-state index < -0.39 is 0 Å². The van der Waals surface area contributed by atoms with Crippen LogP contribution in [0.2, 0.25) is 0 Å². The average Bonchev–Trinajstić information content (AvgIpc) is 2.65. The van der Waals surface area contributed by atoms with Crippen LogP contribution < -0.4 is 11.0 Å². The van der Waals surface area contributed by atoms with Gasteiger partial charge in [-0.2, -0.15) is 0 Å². The predicted octanol–water partition coefficient (Wildman–Crippen LogP) is 5.73. The first-order chi connectivity index (χ1) is 12.5. The van der Waals surface area contributed by atoms with Crippen molar-refractivity contribution in [3.05, 3.63) is 29.8 Å². The van der Waals surface area contributed by atoms with Gasteiger partial charge in [-0.1, -0.05) is 38.0 Å². The Bertz CT molecular complexity index is 786. The van der Waals surface area contributed by atoms with Gasteiger partial charge in [0.1, 0.15) is 5.75 Å². The third-order valence-corrected chi connectivity index (χ3v) is 7.60. The van der Waals surface area contributed by atoms with E-state index in [0.29, 0.717) is 11.6 Å². The van der Waals surface area contributed by atoms with E-state index in [9.17, 15) is 5.11 Å². The molecule has 0 aromatic heterocycles. The number of phenols is 1. The Kier molecular flexibility index (Phi) is 5.15. The van der Waals surface area contributed by atoms with Crippen LogP contribution in [0.5, 0.6) is 5.75 Å². The molecule has 1 atom stereocenters. The van der Waals surface area contributed by atoms with E-state index in [0.717, 1.165) is 33.8 Å². The van der Waals surface area contributed by atoms with E-state index in [1.807, 2.05) is 12.1 Å². The zero-order valence-corrected chi connectivity index (χ0v) is 17.0. The molecule has 0 saturated heterocycles. The Labute approximate surface area is 159 Å². The second-order valence-electron chi connectivity index (χ2n) is 8.84. The Hall–Kier alpha value is -1.27. The molecular formula is C23H32NOP. The van der Waals surface area contributed by atoms with Crippen LogP contribution in [-0.4, -0.2) is 5.11 Å². The summed E-state index contributed by atoms with van der Waals surface area (Å²) in [6.07, 6.45) is 11.2. The molecule has 2 aliphatic carbocycles. The Morgan fingerprint density at radius 1 is 0.923 bits per heavy atom. The van der Waals surface area contributed by atoms with Gasteiger partial charge in [-0.15, -0.1) is 9.24 Å².